The van der Waals surface area contributed by atoms with Gasteiger partial charge in [-0.2, -0.15) is 0 Å². The molecule has 4 atom stereocenters. The average molecular weight is 554 g/mol. The third-order valence-corrected chi connectivity index (χ3v) is 7.83. The lowest BCUT2D eigenvalue weighted by Crippen LogP contribution is -2.37. The van der Waals surface area contributed by atoms with Crippen LogP contribution in [0.2, 0.25) is 5.02 Å². The molecule has 37 heavy (non-hydrogen) atoms. The fourth-order valence-electron chi connectivity index (χ4n) is 3.88. The number of methoxy groups -OCH3 is 2. The molecule has 0 amide bonds. The molecule has 1 fully saturated rings. The van der Waals surface area contributed by atoms with E-state index < -0.39 is 27.4 Å². The van der Waals surface area contributed by atoms with Crippen molar-refractivity contribution in [3.8, 4) is 17.4 Å². The Hall–Kier alpha value is -2.91. The minimum atomic E-state index is -4.08. The van der Waals surface area contributed by atoms with Crippen molar-refractivity contribution in [3.63, 3.8) is 0 Å². The highest BCUT2D eigenvalue weighted by Gasteiger charge is 2.36. The standard InChI is InChI=1S/C22H28ClN7O6S/c1-13(17-12-35-8-9-36-17)30-21(16-6-5-7-18(26-16)33-3)27-28-22(30)29-37(31,32)14(2)19(34-4)20-24-10-15(23)11-25-20/h5-7,10-11,13-14,17,19H,8-9,12H2,1-4H3,(H,28,29)/t13-,14+,17?,19+/m1/s1. The molecule has 13 nitrogen and oxygen atoms in total. The number of aromatic nitrogens is 6. The first kappa shape index (κ1) is 27.1. The molecule has 0 aromatic carbocycles. The largest absolute Gasteiger partial charge is 0.481 e. The summed E-state index contributed by atoms with van der Waals surface area (Å²) in [5.41, 5.74) is 0.443. The average Bonchev–Trinajstić information content (AvgIpc) is 3.32. The normalized spacial score (nSPS) is 18.7. The topological polar surface area (TPSA) is 152 Å². The second-order valence-electron chi connectivity index (χ2n) is 8.28. The molecule has 1 unspecified atom stereocenters. The molecule has 0 aliphatic carbocycles. The van der Waals surface area contributed by atoms with Gasteiger partial charge in [0.05, 0.1) is 38.0 Å². The van der Waals surface area contributed by atoms with E-state index in [0.29, 0.717) is 42.2 Å². The molecule has 1 saturated heterocycles. The lowest BCUT2D eigenvalue weighted by molar-refractivity contribution is -0.104. The number of hydrogen-bond donors (Lipinski definition) is 1. The number of nitrogens with one attached hydrogen (secondary N) is 1. The molecular weight excluding hydrogens is 526 g/mol. The van der Waals surface area contributed by atoms with Crippen molar-refractivity contribution >= 4 is 27.6 Å². The van der Waals surface area contributed by atoms with Gasteiger partial charge in [-0.15, -0.1) is 10.2 Å². The summed E-state index contributed by atoms with van der Waals surface area (Å²) >= 11 is 5.87. The lowest BCUT2D eigenvalue weighted by atomic mass is 10.1. The minimum absolute atomic E-state index is 0.0139. The zero-order valence-electron chi connectivity index (χ0n) is 20.7. The van der Waals surface area contributed by atoms with E-state index >= 15 is 0 Å². The van der Waals surface area contributed by atoms with E-state index in [1.54, 1.807) is 22.8 Å². The Morgan fingerprint density at radius 1 is 1.16 bits per heavy atom. The van der Waals surface area contributed by atoms with Gasteiger partial charge in [0, 0.05) is 25.6 Å². The third-order valence-electron chi connectivity index (χ3n) is 5.94. The van der Waals surface area contributed by atoms with Gasteiger partial charge in [0.2, 0.25) is 21.9 Å². The van der Waals surface area contributed by atoms with Gasteiger partial charge in [-0.25, -0.2) is 23.4 Å². The van der Waals surface area contributed by atoms with Gasteiger partial charge in [-0.3, -0.25) is 9.29 Å². The smallest absolute Gasteiger partial charge is 0.240 e. The first-order valence-electron chi connectivity index (χ1n) is 11.4. The van der Waals surface area contributed by atoms with Crippen molar-refractivity contribution in [2.24, 2.45) is 0 Å². The molecular formula is C22H28ClN7O6S. The number of ether oxygens (including phenoxy) is 4. The Morgan fingerprint density at radius 3 is 2.57 bits per heavy atom. The van der Waals surface area contributed by atoms with Crippen LogP contribution in [0.15, 0.2) is 30.6 Å². The van der Waals surface area contributed by atoms with Crippen LogP contribution in [-0.2, 0) is 24.2 Å². The second-order valence-corrected chi connectivity index (χ2v) is 10.7. The first-order valence-corrected chi connectivity index (χ1v) is 13.3. The Labute approximate surface area is 219 Å². The monoisotopic (exact) mass is 553 g/mol. The Kier molecular flexibility index (Phi) is 8.54. The number of anilines is 1. The SMILES string of the molecule is COc1cccc(-c2nnc(NS(=O)(=O)[C@@H](C)[C@H](OC)c3ncc(Cl)cn3)n2[C@H](C)C2COCCO2)n1. The molecule has 1 aliphatic heterocycles. The van der Waals surface area contributed by atoms with E-state index in [1.165, 1.54) is 33.5 Å². The molecule has 1 aliphatic rings. The summed E-state index contributed by atoms with van der Waals surface area (Å²) in [5.74, 6) is 0.863. The maximum absolute atomic E-state index is 13.5. The maximum Gasteiger partial charge on any atom is 0.240 e. The number of sulfonamides is 1. The van der Waals surface area contributed by atoms with E-state index in [2.05, 4.69) is 29.9 Å². The summed E-state index contributed by atoms with van der Waals surface area (Å²) in [6.45, 7) is 4.58. The van der Waals surface area contributed by atoms with Gasteiger partial charge in [-0.05, 0) is 19.9 Å². The number of hydrogen-bond acceptors (Lipinski definition) is 11. The summed E-state index contributed by atoms with van der Waals surface area (Å²) in [6.07, 6.45) is 1.41. The van der Waals surface area contributed by atoms with Gasteiger partial charge in [0.15, 0.2) is 11.6 Å². The number of nitrogens with zero attached hydrogens (tertiary/aromatic N) is 6. The van der Waals surface area contributed by atoms with E-state index in [0.717, 1.165) is 0 Å². The fourth-order valence-corrected chi connectivity index (χ4v) is 5.12. The minimum Gasteiger partial charge on any atom is -0.481 e. The molecule has 1 N–H and O–H groups in total. The van der Waals surface area contributed by atoms with Gasteiger partial charge in [0.1, 0.15) is 23.2 Å². The van der Waals surface area contributed by atoms with Crippen LogP contribution >= 0.6 is 11.6 Å². The predicted molar refractivity (Wildman–Crippen MR) is 134 cm³/mol. The third kappa shape index (κ3) is 5.99. The molecule has 3 aromatic rings. The van der Waals surface area contributed by atoms with Gasteiger partial charge >= 0.3 is 0 Å². The quantitative estimate of drug-likeness (QED) is 0.393. The summed E-state index contributed by atoms with van der Waals surface area (Å²) in [7, 11) is -1.19. The number of halogens is 1. The zero-order valence-corrected chi connectivity index (χ0v) is 22.3. The van der Waals surface area contributed by atoms with Crippen molar-refractivity contribution < 1.29 is 27.4 Å². The van der Waals surface area contributed by atoms with Crippen molar-refractivity contribution in [3.05, 3.63) is 41.4 Å². The molecule has 0 saturated carbocycles. The predicted octanol–water partition coefficient (Wildman–Crippen LogP) is 2.29. The second kappa shape index (κ2) is 11.6. The molecule has 0 radical (unpaired) electrons. The van der Waals surface area contributed by atoms with Crippen LogP contribution in [0.3, 0.4) is 0 Å². The molecule has 200 valence electrons. The highest BCUT2D eigenvalue weighted by molar-refractivity contribution is 7.93. The molecule has 4 heterocycles. The Balaban J connectivity index is 1.70. The Bertz CT molecular complexity index is 1300. The van der Waals surface area contributed by atoms with Gasteiger partial charge in [0.25, 0.3) is 0 Å². The van der Waals surface area contributed by atoms with Crippen molar-refractivity contribution in [2.45, 2.75) is 37.3 Å². The van der Waals surface area contributed by atoms with Gasteiger partial charge < -0.3 is 18.9 Å². The van der Waals surface area contributed by atoms with Crippen LogP contribution in [0, 0.1) is 0 Å². The zero-order chi connectivity index (χ0) is 26.6. The van der Waals surface area contributed by atoms with Crippen molar-refractivity contribution in [1.29, 1.82) is 0 Å². The molecule has 0 bridgehead atoms. The first-order chi connectivity index (χ1) is 17.7. The van der Waals surface area contributed by atoms with Crippen LogP contribution in [0.4, 0.5) is 5.95 Å². The highest BCUT2D eigenvalue weighted by atomic mass is 35.5. The van der Waals surface area contributed by atoms with Crippen molar-refractivity contribution in [2.75, 3.05) is 38.8 Å². The summed E-state index contributed by atoms with van der Waals surface area (Å²) in [5, 5.41) is 7.63. The van der Waals surface area contributed by atoms with Crippen LogP contribution in [-0.4, -0.2) is 83.5 Å². The van der Waals surface area contributed by atoms with Crippen molar-refractivity contribution in [1.82, 2.24) is 29.7 Å². The van der Waals surface area contributed by atoms with E-state index in [-0.39, 0.29) is 17.9 Å². The lowest BCUT2D eigenvalue weighted by Gasteiger charge is -2.30. The van der Waals surface area contributed by atoms with Crippen LogP contribution in [0.25, 0.3) is 11.5 Å². The maximum atomic E-state index is 13.5. The van der Waals surface area contributed by atoms with E-state index in [4.69, 9.17) is 30.5 Å². The van der Waals surface area contributed by atoms with E-state index in [1.807, 2.05) is 6.92 Å². The molecule has 3 aromatic heterocycles. The Morgan fingerprint density at radius 2 is 1.92 bits per heavy atom. The highest BCUT2D eigenvalue weighted by Crippen LogP contribution is 2.31. The van der Waals surface area contributed by atoms with Crippen LogP contribution < -0.4 is 9.46 Å². The summed E-state index contributed by atoms with van der Waals surface area (Å²) in [6, 6.07) is 4.77. The molecule has 4 rings (SSSR count). The molecule has 0 spiro atoms. The summed E-state index contributed by atoms with van der Waals surface area (Å²) < 4.78 is 53.3. The van der Waals surface area contributed by atoms with Crippen LogP contribution in [0.5, 0.6) is 5.88 Å². The van der Waals surface area contributed by atoms with Gasteiger partial charge in [-0.1, -0.05) is 17.7 Å². The number of pyridine rings is 1. The fraction of sp³-hybridized carbons (Fsp3) is 0.500. The molecule has 15 heteroatoms. The number of rotatable bonds is 10. The van der Waals surface area contributed by atoms with E-state index in [9.17, 15) is 8.42 Å². The summed E-state index contributed by atoms with van der Waals surface area (Å²) in [4.78, 5) is 12.7. The van der Waals surface area contributed by atoms with Crippen LogP contribution in [0.1, 0.15) is 31.8 Å².